The average molecular weight is 245 g/mol. The van der Waals surface area contributed by atoms with Gasteiger partial charge < -0.3 is 10.5 Å². The van der Waals surface area contributed by atoms with Crippen molar-refractivity contribution in [2.45, 2.75) is 26.8 Å². The van der Waals surface area contributed by atoms with Crippen LogP contribution in [0.25, 0.3) is 0 Å². The first-order valence-electron chi connectivity index (χ1n) is 6.20. The Bertz CT molecular complexity index is 502. The molecule has 1 aromatic heterocycles. The summed E-state index contributed by atoms with van der Waals surface area (Å²) in [5.41, 5.74) is 8.09. The van der Waals surface area contributed by atoms with Gasteiger partial charge in [0, 0.05) is 5.56 Å². The van der Waals surface area contributed by atoms with Crippen molar-refractivity contribution in [3.8, 4) is 5.75 Å². The molecule has 0 bridgehead atoms. The fourth-order valence-electron chi connectivity index (χ4n) is 1.70. The van der Waals surface area contributed by atoms with E-state index in [0.717, 1.165) is 35.7 Å². The highest BCUT2D eigenvalue weighted by molar-refractivity contribution is 5.38. The summed E-state index contributed by atoms with van der Waals surface area (Å²) in [4.78, 5) is 0. The number of ether oxygens (including phenoxy) is 1. The van der Waals surface area contributed by atoms with E-state index in [2.05, 4.69) is 12.0 Å². The van der Waals surface area contributed by atoms with E-state index >= 15 is 0 Å². The molecule has 4 heteroatoms. The number of aryl methyl sites for hydroxylation is 1. The molecule has 4 nitrogen and oxygen atoms in total. The standard InChI is InChI=1S/C14H19N3O/c1-3-8-18-13-6-4-12(5-7-13)10-17-14(15)11(2)9-16-17/h4-7,9H,3,8,10,15H2,1-2H3. The Kier molecular flexibility index (Phi) is 3.87. The molecule has 0 spiro atoms. The van der Waals surface area contributed by atoms with E-state index in [0.29, 0.717) is 6.54 Å². The van der Waals surface area contributed by atoms with E-state index in [-0.39, 0.29) is 0 Å². The maximum absolute atomic E-state index is 5.92. The first-order valence-corrected chi connectivity index (χ1v) is 6.20. The zero-order chi connectivity index (χ0) is 13.0. The van der Waals surface area contributed by atoms with Crippen LogP contribution >= 0.6 is 0 Å². The van der Waals surface area contributed by atoms with E-state index in [1.54, 1.807) is 10.9 Å². The van der Waals surface area contributed by atoms with Crippen LogP contribution < -0.4 is 10.5 Å². The molecule has 18 heavy (non-hydrogen) atoms. The predicted molar refractivity (Wildman–Crippen MR) is 72.7 cm³/mol. The van der Waals surface area contributed by atoms with Gasteiger partial charge in [-0.3, -0.25) is 0 Å². The number of nitrogen functional groups attached to an aromatic ring is 1. The topological polar surface area (TPSA) is 53.1 Å². The van der Waals surface area contributed by atoms with Crippen molar-refractivity contribution in [2.75, 3.05) is 12.3 Å². The first kappa shape index (κ1) is 12.5. The molecule has 1 aromatic carbocycles. The smallest absolute Gasteiger partial charge is 0.124 e. The molecule has 1 heterocycles. The van der Waals surface area contributed by atoms with Gasteiger partial charge in [0.1, 0.15) is 11.6 Å². The van der Waals surface area contributed by atoms with Gasteiger partial charge in [0.2, 0.25) is 0 Å². The predicted octanol–water partition coefficient (Wildman–Crippen LogP) is 2.61. The molecule has 0 saturated carbocycles. The second-order valence-corrected chi connectivity index (χ2v) is 4.36. The molecule has 2 aromatic rings. The molecule has 96 valence electrons. The Morgan fingerprint density at radius 3 is 2.56 bits per heavy atom. The van der Waals surface area contributed by atoms with Crippen molar-refractivity contribution in [3.05, 3.63) is 41.6 Å². The lowest BCUT2D eigenvalue weighted by atomic mass is 10.2. The van der Waals surface area contributed by atoms with Crippen molar-refractivity contribution < 1.29 is 4.74 Å². The Morgan fingerprint density at radius 1 is 1.28 bits per heavy atom. The molecular weight excluding hydrogens is 226 g/mol. The summed E-state index contributed by atoms with van der Waals surface area (Å²) in [6, 6.07) is 8.05. The number of aromatic nitrogens is 2. The Balaban J connectivity index is 2.04. The van der Waals surface area contributed by atoms with Gasteiger partial charge in [0.25, 0.3) is 0 Å². The molecule has 0 fully saturated rings. The van der Waals surface area contributed by atoms with E-state index in [4.69, 9.17) is 10.5 Å². The van der Waals surface area contributed by atoms with Gasteiger partial charge in [0.15, 0.2) is 0 Å². The van der Waals surface area contributed by atoms with Crippen molar-refractivity contribution in [3.63, 3.8) is 0 Å². The summed E-state index contributed by atoms with van der Waals surface area (Å²) in [5.74, 6) is 1.63. The molecule has 0 aliphatic rings. The largest absolute Gasteiger partial charge is 0.494 e. The van der Waals surface area contributed by atoms with Gasteiger partial charge in [0.05, 0.1) is 19.3 Å². The summed E-state index contributed by atoms with van der Waals surface area (Å²) in [7, 11) is 0. The van der Waals surface area contributed by atoms with Gasteiger partial charge in [-0.25, -0.2) is 4.68 Å². The summed E-state index contributed by atoms with van der Waals surface area (Å²) in [5, 5.41) is 4.24. The fourth-order valence-corrected chi connectivity index (χ4v) is 1.70. The Hall–Kier alpha value is -1.97. The number of nitrogens with two attached hydrogens (primary N) is 1. The normalized spacial score (nSPS) is 10.6. The van der Waals surface area contributed by atoms with Crippen LogP contribution in [0.15, 0.2) is 30.5 Å². The molecule has 0 saturated heterocycles. The van der Waals surface area contributed by atoms with Gasteiger partial charge in [-0.2, -0.15) is 5.10 Å². The molecule has 0 radical (unpaired) electrons. The minimum Gasteiger partial charge on any atom is -0.494 e. The maximum atomic E-state index is 5.92. The lowest BCUT2D eigenvalue weighted by Crippen LogP contribution is -2.06. The van der Waals surface area contributed by atoms with E-state index in [1.165, 1.54) is 0 Å². The molecule has 2 rings (SSSR count). The summed E-state index contributed by atoms with van der Waals surface area (Å²) in [6.45, 7) is 5.50. The lowest BCUT2D eigenvalue weighted by molar-refractivity contribution is 0.317. The third-order valence-electron chi connectivity index (χ3n) is 2.80. The third-order valence-corrected chi connectivity index (χ3v) is 2.80. The SMILES string of the molecule is CCCOc1ccc(Cn2ncc(C)c2N)cc1. The van der Waals surface area contributed by atoms with Crippen LogP contribution in [0.4, 0.5) is 5.82 Å². The highest BCUT2D eigenvalue weighted by atomic mass is 16.5. The van der Waals surface area contributed by atoms with Gasteiger partial charge in [-0.15, -0.1) is 0 Å². The van der Waals surface area contributed by atoms with Crippen molar-refractivity contribution >= 4 is 5.82 Å². The lowest BCUT2D eigenvalue weighted by Gasteiger charge is -2.07. The van der Waals surface area contributed by atoms with Crippen LogP contribution in [-0.4, -0.2) is 16.4 Å². The fraction of sp³-hybridized carbons (Fsp3) is 0.357. The van der Waals surface area contributed by atoms with E-state index < -0.39 is 0 Å². The Labute approximate surface area is 107 Å². The summed E-state index contributed by atoms with van der Waals surface area (Å²) >= 11 is 0. The van der Waals surface area contributed by atoms with Crippen molar-refractivity contribution in [1.82, 2.24) is 9.78 Å². The highest BCUT2D eigenvalue weighted by Crippen LogP contribution is 2.15. The van der Waals surface area contributed by atoms with Crippen LogP contribution in [0.1, 0.15) is 24.5 Å². The van der Waals surface area contributed by atoms with Crippen LogP contribution in [0.2, 0.25) is 0 Å². The average Bonchev–Trinajstić information content (AvgIpc) is 2.70. The minimum absolute atomic E-state index is 0.688. The van der Waals surface area contributed by atoms with Crippen LogP contribution in [0.3, 0.4) is 0 Å². The van der Waals surface area contributed by atoms with Crippen LogP contribution in [-0.2, 0) is 6.54 Å². The molecule has 0 aliphatic carbocycles. The van der Waals surface area contributed by atoms with Gasteiger partial charge >= 0.3 is 0 Å². The number of rotatable bonds is 5. The number of hydrogen-bond acceptors (Lipinski definition) is 3. The molecular formula is C14H19N3O. The molecule has 0 unspecified atom stereocenters. The van der Waals surface area contributed by atoms with E-state index in [9.17, 15) is 0 Å². The molecule has 0 atom stereocenters. The first-order chi connectivity index (χ1) is 8.70. The Morgan fingerprint density at radius 2 is 2.00 bits per heavy atom. The number of anilines is 1. The van der Waals surface area contributed by atoms with Crippen molar-refractivity contribution in [1.29, 1.82) is 0 Å². The summed E-state index contributed by atoms with van der Waals surface area (Å²) in [6.07, 6.45) is 2.80. The van der Waals surface area contributed by atoms with Crippen LogP contribution in [0, 0.1) is 6.92 Å². The van der Waals surface area contributed by atoms with Gasteiger partial charge in [-0.05, 0) is 31.0 Å². The third kappa shape index (κ3) is 2.83. The summed E-state index contributed by atoms with van der Waals surface area (Å²) < 4.78 is 7.34. The minimum atomic E-state index is 0.688. The second-order valence-electron chi connectivity index (χ2n) is 4.36. The van der Waals surface area contributed by atoms with E-state index in [1.807, 2.05) is 31.2 Å². The quantitative estimate of drug-likeness (QED) is 0.881. The van der Waals surface area contributed by atoms with Crippen molar-refractivity contribution in [2.24, 2.45) is 0 Å². The molecule has 2 N–H and O–H groups in total. The zero-order valence-corrected chi connectivity index (χ0v) is 10.9. The van der Waals surface area contributed by atoms with Crippen LogP contribution in [0.5, 0.6) is 5.75 Å². The second kappa shape index (κ2) is 5.58. The zero-order valence-electron chi connectivity index (χ0n) is 10.9. The highest BCUT2D eigenvalue weighted by Gasteiger charge is 2.03. The van der Waals surface area contributed by atoms with Gasteiger partial charge in [-0.1, -0.05) is 19.1 Å². The molecule has 0 amide bonds. The maximum Gasteiger partial charge on any atom is 0.124 e. The number of benzene rings is 1. The molecule has 0 aliphatic heterocycles. The number of hydrogen-bond donors (Lipinski definition) is 1. The monoisotopic (exact) mass is 245 g/mol. The number of nitrogens with zero attached hydrogens (tertiary/aromatic N) is 2.